The van der Waals surface area contributed by atoms with E-state index >= 15 is 0 Å². The molecule has 0 atom stereocenters. The highest BCUT2D eigenvalue weighted by Crippen LogP contribution is 2.07. The molecule has 0 saturated carbocycles. The van der Waals surface area contributed by atoms with Crippen LogP contribution in [0.5, 0.6) is 0 Å². The lowest BCUT2D eigenvalue weighted by Gasteiger charge is -1.89. The minimum Gasteiger partial charge on any atom is -0.396 e. The summed E-state index contributed by atoms with van der Waals surface area (Å²) >= 11 is 0. The average molecular weight is 234 g/mol. The quantitative estimate of drug-likeness (QED) is 0.468. The highest BCUT2D eigenvalue weighted by molar-refractivity contribution is 5.38. The topological polar surface area (TPSA) is 69.2 Å². The number of nitrogens with zero attached hydrogens (tertiary/aromatic N) is 1. The van der Waals surface area contributed by atoms with Gasteiger partial charge in [0.05, 0.1) is 10.6 Å². The van der Waals surface area contributed by atoms with Gasteiger partial charge in [-0.05, 0) is 12.1 Å². The predicted octanol–water partition coefficient (Wildman–Crippen LogP) is 3.00. The molecular weight excluding hydrogens is 223 g/mol. The first kappa shape index (κ1) is 12.6. The molecule has 5 heteroatoms. The predicted molar refractivity (Wildman–Crippen MR) is 63.9 cm³/mol. The molecule has 0 aliphatic rings. The molecular formula is C12H11FN2O2. The first-order chi connectivity index (χ1) is 8.11. The molecule has 0 amide bonds. The number of halogens is 1. The van der Waals surface area contributed by atoms with Crippen LogP contribution in [-0.4, -0.2) is 4.92 Å². The van der Waals surface area contributed by atoms with Crippen molar-refractivity contribution in [1.29, 1.82) is 0 Å². The van der Waals surface area contributed by atoms with Crippen molar-refractivity contribution in [1.82, 2.24) is 0 Å². The molecule has 0 saturated heterocycles. The molecule has 0 bridgehead atoms. The third kappa shape index (κ3) is 4.29. The Labute approximate surface area is 97.7 Å². The summed E-state index contributed by atoms with van der Waals surface area (Å²) in [5.74, 6) is -0.354. The molecule has 88 valence electrons. The smallest absolute Gasteiger partial charge is 0.269 e. The number of para-hydroxylation sites is 2. The van der Waals surface area contributed by atoms with Crippen LogP contribution in [0, 0.1) is 15.9 Å². The largest absolute Gasteiger partial charge is 0.396 e. The second-order valence-electron chi connectivity index (χ2n) is 3.11. The molecule has 0 aliphatic heterocycles. The fraction of sp³-hybridized carbons (Fsp3) is 0. The number of rotatable bonds is 1. The highest BCUT2D eigenvalue weighted by atomic mass is 19.1. The maximum atomic E-state index is 12.2. The van der Waals surface area contributed by atoms with Gasteiger partial charge in [-0.2, -0.15) is 0 Å². The maximum absolute atomic E-state index is 12.2. The number of anilines is 1. The van der Waals surface area contributed by atoms with Crippen LogP contribution in [0.2, 0.25) is 0 Å². The lowest BCUT2D eigenvalue weighted by atomic mass is 10.3. The van der Waals surface area contributed by atoms with Crippen molar-refractivity contribution < 1.29 is 9.31 Å². The van der Waals surface area contributed by atoms with Crippen LogP contribution in [0.3, 0.4) is 0 Å². The van der Waals surface area contributed by atoms with E-state index in [2.05, 4.69) is 0 Å². The number of nitrogens with two attached hydrogens (primary N) is 1. The van der Waals surface area contributed by atoms with Gasteiger partial charge in [-0.1, -0.05) is 30.3 Å². The summed E-state index contributed by atoms with van der Waals surface area (Å²) in [7, 11) is 0. The number of hydrogen-bond donors (Lipinski definition) is 1. The van der Waals surface area contributed by atoms with Crippen LogP contribution in [0.1, 0.15) is 0 Å². The second-order valence-corrected chi connectivity index (χ2v) is 3.11. The summed E-state index contributed by atoms with van der Waals surface area (Å²) in [5.41, 5.74) is 5.48. The molecule has 0 aliphatic carbocycles. The number of nitro benzene ring substituents is 1. The van der Waals surface area contributed by atoms with Crippen LogP contribution in [0.4, 0.5) is 15.8 Å². The van der Waals surface area contributed by atoms with Crippen LogP contribution in [-0.2, 0) is 0 Å². The summed E-state index contributed by atoms with van der Waals surface area (Å²) in [4.78, 5) is 9.59. The van der Waals surface area contributed by atoms with Gasteiger partial charge in [-0.3, -0.25) is 10.1 Å². The van der Waals surface area contributed by atoms with Crippen LogP contribution in [0.25, 0.3) is 0 Å². The van der Waals surface area contributed by atoms with Crippen LogP contribution < -0.4 is 5.73 Å². The molecule has 17 heavy (non-hydrogen) atoms. The summed E-state index contributed by atoms with van der Waals surface area (Å²) in [5, 5.41) is 10.0. The SMILES string of the molecule is Nc1ccccc1F.O=[N+]([O-])c1ccccc1. The van der Waals surface area contributed by atoms with Crippen molar-refractivity contribution in [3.63, 3.8) is 0 Å². The zero-order chi connectivity index (χ0) is 12.7. The Kier molecular flexibility index (Phi) is 4.62. The molecule has 0 aromatic heterocycles. The molecule has 0 spiro atoms. The fourth-order valence-electron chi connectivity index (χ4n) is 1.02. The molecule has 2 N–H and O–H groups in total. The van der Waals surface area contributed by atoms with Crippen molar-refractivity contribution in [2.45, 2.75) is 0 Å². The zero-order valence-corrected chi connectivity index (χ0v) is 8.92. The number of nitro groups is 1. The number of non-ortho nitro benzene ring substituents is 1. The lowest BCUT2D eigenvalue weighted by molar-refractivity contribution is -0.384. The number of nitrogen functional groups attached to an aromatic ring is 1. The van der Waals surface area contributed by atoms with Gasteiger partial charge in [0, 0.05) is 12.1 Å². The third-order valence-electron chi connectivity index (χ3n) is 1.87. The van der Waals surface area contributed by atoms with Gasteiger partial charge in [0.25, 0.3) is 5.69 Å². The minimum absolute atomic E-state index is 0.137. The van der Waals surface area contributed by atoms with E-state index in [1.54, 1.807) is 30.3 Å². The first-order valence-electron chi connectivity index (χ1n) is 4.80. The van der Waals surface area contributed by atoms with E-state index in [9.17, 15) is 14.5 Å². The molecule has 0 fully saturated rings. The molecule has 0 radical (unpaired) electrons. The standard InChI is InChI=1S/C6H6FN.C6H5NO2/c7-5-3-1-2-4-6(5)8;8-7(9)6-4-2-1-3-5-6/h1-4H,8H2;1-5H. The van der Waals surface area contributed by atoms with Crippen molar-refractivity contribution in [2.24, 2.45) is 0 Å². The number of benzene rings is 2. The molecule has 2 rings (SSSR count). The fourth-order valence-corrected chi connectivity index (χ4v) is 1.02. The summed E-state index contributed by atoms with van der Waals surface area (Å²) in [6, 6.07) is 14.1. The van der Waals surface area contributed by atoms with E-state index in [1.807, 2.05) is 0 Å². The Balaban J connectivity index is 0.000000171. The minimum atomic E-state index is -0.417. The van der Waals surface area contributed by atoms with Crippen molar-refractivity contribution in [3.05, 3.63) is 70.5 Å². The van der Waals surface area contributed by atoms with E-state index in [0.29, 0.717) is 0 Å². The van der Waals surface area contributed by atoms with Gasteiger partial charge in [-0.15, -0.1) is 0 Å². The van der Waals surface area contributed by atoms with Gasteiger partial charge in [0.1, 0.15) is 5.82 Å². The Morgan fingerprint density at radius 1 is 1.00 bits per heavy atom. The Hall–Kier alpha value is -2.43. The van der Waals surface area contributed by atoms with Gasteiger partial charge in [0.15, 0.2) is 0 Å². The zero-order valence-electron chi connectivity index (χ0n) is 8.92. The van der Waals surface area contributed by atoms with Gasteiger partial charge >= 0.3 is 0 Å². The van der Waals surface area contributed by atoms with Crippen molar-refractivity contribution in [3.8, 4) is 0 Å². The van der Waals surface area contributed by atoms with Gasteiger partial charge in [-0.25, -0.2) is 4.39 Å². The second kappa shape index (κ2) is 6.22. The van der Waals surface area contributed by atoms with E-state index in [-0.39, 0.29) is 17.2 Å². The van der Waals surface area contributed by atoms with E-state index in [4.69, 9.17) is 5.73 Å². The maximum Gasteiger partial charge on any atom is 0.269 e. The third-order valence-corrected chi connectivity index (χ3v) is 1.87. The van der Waals surface area contributed by atoms with Crippen LogP contribution in [0.15, 0.2) is 54.6 Å². The van der Waals surface area contributed by atoms with E-state index in [1.165, 1.54) is 24.3 Å². The molecule has 2 aromatic carbocycles. The van der Waals surface area contributed by atoms with E-state index in [0.717, 1.165) is 0 Å². The normalized spacial score (nSPS) is 9.00. The molecule has 2 aromatic rings. The summed E-state index contributed by atoms with van der Waals surface area (Å²) in [6.07, 6.45) is 0. The monoisotopic (exact) mass is 234 g/mol. The average Bonchev–Trinajstić information content (AvgIpc) is 2.35. The molecule has 0 unspecified atom stereocenters. The summed E-state index contributed by atoms with van der Waals surface area (Å²) < 4.78 is 12.2. The Morgan fingerprint density at radius 3 is 1.88 bits per heavy atom. The first-order valence-corrected chi connectivity index (χ1v) is 4.80. The number of hydrogen-bond acceptors (Lipinski definition) is 3. The van der Waals surface area contributed by atoms with Gasteiger partial charge in [0.2, 0.25) is 0 Å². The molecule has 4 nitrogen and oxygen atoms in total. The summed E-state index contributed by atoms with van der Waals surface area (Å²) in [6.45, 7) is 0. The highest BCUT2D eigenvalue weighted by Gasteiger charge is 1.98. The molecule has 0 heterocycles. The lowest BCUT2D eigenvalue weighted by Crippen LogP contribution is -1.86. The van der Waals surface area contributed by atoms with Crippen molar-refractivity contribution in [2.75, 3.05) is 5.73 Å². The Morgan fingerprint density at radius 2 is 1.53 bits per heavy atom. The Bertz CT molecular complexity index is 468. The van der Waals surface area contributed by atoms with Crippen LogP contribution >= 0.6 is 0 Å². The van der Waals surface area contributed by atoms with Crippen molar-refractivity contribution >= 4 is 11.4 Å². The van der Waals surface area contributed by atoms with E-state index < -0.39 is 4.92 Å². The van der Waals surface area contributed by atoms with Gasteiger partial charge < -0.3 is 5.73 Å².